The Morgan fingerprint density at radius 1 is 1.25 bits per heavy atom. The van der Waals surface area contributed by atoms with Crippen LogP contribution in [0.15, 0.2) is 29.2 Å². The maximum atomic E-state index is 11.9. The van der Waals surface area contributed by atoms with E-state index in [-0.39, 0.29) is 17.2 Å². The van der Waals surface area contributed by atoms with E-state index in [1.165, 1.54) is 31.4 Å². The molecule has 0 aliphatic heterocycles. The van der Waals surface area contributed by atoms with E-state index >= 15 is 0 Å². The lowest BCUT2D eigenvalue weighted by Crippen LogP contribution is -2.41. The number of amides is 1. The topological polar surface area (TPSA) is 84.5 Å². The number of hydrogen-bond donors (Lipinski definition) is 2. The zero-order chi connectivity index (χ0) is 15.2. The average molecular weight is 300 g/mol. The van der Waals surface area contributed by atoms with Gasteiger partial charge in [-0.3, -0.25) is 10.2 Å². The first-order valence-electron chi connectivity index (χ1n) is 6.30. The molecule has 0 aliphatic rings. The molecule has 0 radical (unpaired) electrons. The Morgan fingerprint density at radius 3 is 2.35 bits per heavy atom. The van der Waals surface area contributed by atoms with Crippen LogP contribution >= 0.6 is 0 Å². The zero-order valence-electron chi connectivity index (χ0n) is 11.8. The summed E-state index contributed by atoms with van der Waals surface area (Å²) in [4.78, 5) is 13.6. The van der Waals surface area contributed by atoms with Crippen molar-refractivity contribution >= 4 is 15.9 Å². The molecule has 0 bridgehead atoms. The predicted octanol–water partition coefficient (Wildman–Crippen LogP) is 1.44. The van der Waals surface area contributed by atoms with E-state index in [1.54, 1.807) is 0 Å². The molecule has 1 amide bonds. The molecule has 1 rings (SSSR count). The van der Waals surface area contributed by atoms with Crippen LogP contribution < -0.4 is 15.0 Å². The Hall–Kier alpha value is -1.60. The van der Waals surface area contributed by atoms with Gasteiger partial charge in [0, 0.05) is 6.42 Å². The first-order valence-corrected chi connectivity index (χ1v) is 7.78. The van der Waals surface area contributed by atoms with Crippen LogP contribution in [0.1, 0.15) is 26.7 Å². The van der Waals surface area contributed by atoms with Crippen molar-refractivity contribution in [3.05, 3.63) is 24.3 Å². The zero-order valence-corrected chi connectivity index (χ0v) is 12.7. The molecule has 20 heavy (non-hydrogen) atoms. The van der Waals surface area contributed by atoms with Gasteiger partial charge in [0.25, 0.3) is 10.0 Å². The van der Waals surface area contributed by atoms with Crippen molar-refractivity contribution < 1.29 is 17.9 Å². The van der Waals surface area contributed by atoms with Crippen LogP contribution in [0.4, 0.5) is 0 Å². The van der Waals surface area contributed by atoms with E-state index < -0.39 is 10.0 Å². The third-order valence-corrected chi connectivity index (χ3v) is 3.91. The Morgan fingerprint density at radius 2 is 1.85 bits per heavy atom. The number of carbonyl (C=O) groups excluding carboxylic acids is 1. The lowest BCUT2D eigenvalue weighted by atomic mass is 10.1. The molecule has 112 valence electrons. The summed E-state index contributed by atoms with van der Waals surface area (Å²) in [6, 6.07) is 5.88. The van der Waals surface area contributed by atoms with Crippen LogP contribution in [0.3, 0.4) is 0 Å². The third-order valence-electron chi connectivity index (χ3n) is 2.64. The highest BCUT2D eigenvalue weighted by Crippen LogP contribution is 2.14. The first kappa shape index (κ1) is 16.5. The van der Waals surface area contributed by atoms with Crippen molar-refractivity contribution in [1.82, 2.24) is 10.3 Å². The SMILES string of the molecule is COc1ccc(S(=O)(=O)NNC(=O)CCC(C)C)cc1. The highest BCUT2D eigenvalue weighted by Gasteiger charge is 2.15. The Bertz CT molecular complexity index is 538. The molecular formula is C13H20N2O4S. The van der Waals surface area contributed by atoms with E-state index in [2.05, 4.69) is 10.3 Å². The summed E-state index contributed by atoms with van der Waals surface area (Å²) in [5, 5.41) is 0. The standard InChI is InChI=1S/C13H20N2O4S/c1-10(2)4-9-13(16)14-15-20(17,18)12-7-5-11(19-3)6-8-12/h5-8,10,15H,4,9H2,1-3H3,(H,14,16). The minimum absolute atomic E-state index is 0.0578. The quantitative estimate of drug-likeness (QED) is 0.746. The summed E-state index contributed by atoms with van der Waals surface area (Å²) in [7, 11) is -2.26. The van der Waals surface area contributed by atoms with Gasteiger partial charge in [-0.2, -0.15) is 0 Å². The molecule has 0 saturated carbocycles. The van der Waals surface area contributed by atoms with E-state index in [1.807, 2.05) is 13.8 Å². The minimum Gasteiger partial charge on any atom is -0.497 e. The van der Waals surface area contributed by atoms with E-state index in [0.717, 1.165) is 0 Å². The van der Waals surface area contributed by atoms with Gasteiger partial charge in [0.1, 0.15) is 5.75 Å². The normalized spacial score (nSPS) is 11.4. The van der Waals surface area contributed by atoms with Gasteiger partial charge in [-0.05, 0) is 36.6 Å². The van der Waals surface area contributed by atoms with Gasteiger partial charge in [-0.15, -0.1) is 4.83 Å². The third kappa shape index (κ3) is 5.18. The van der Waals surface area contributed by atoms with Gasteiger partial charge in [-0.1, -0.05) is 13.8 Å². The van der Waals surface area contributed by atoms with Crippen molar-refractivity contribution in [1.29, 1.82) is 0 Å². The number of rotatable bonds is 7. The Labute approximate surface area is 119 Å². The van der Waals surface area contributed by atoms with Crippen LogP contribution in [-0.4, -0.2) is 21.4 Å². The van der Waals surface area contributed by atoms with Gasteiger partial charge in [0.15, 0.2) is 0 Å². The molecule has 1 aromatic carbocycles. The van der Waals surface area contributed by atoms with E-state index in [9.17, 15) is 13.2 Å². The smallest absolute Gasteiger partial charge is 0.257 e. The number of hydrazine groups is 1. The van der Waals surface area contributed by atoms with Crippen LogP contribution in [-0.2, 0) is 14.8 Å². The number of sulfonamides is 1. The summed E-state index contributed by atoms with van der Waals surface area (Å²) in [5.41, 5.74) is 2.20. The molecular weight excluding hydrogens is 280 g/mol. The summed E-state index contributed by atoms with van der Waals surface area (Å²) in [5.74, 6) is 0.597. The van der Waals surface area contributed by atoms with Crippen molar-refractivity contribution in [3.8, 4) is 5.75 Å². The second-order valence-corrected chi connectivity index (χ2v) is 6.44. The van der Waals surface area contributed by atoms with Crippen LogP contribution in [0.2, 0.25) is 0 Å². The van der Waals surface area contributed by atoms with Crippen molar-refractivity contribution in [2.75, 3.05) is 7.11 Å². The molecule has 0 saturated heterocycles. The van der Waals surface area contributed by atoms with E-state index in [0.29, 0.717) is 18.1 Å². The molecule has 1 aromatic rings. The monoisotopic (exact) mass is 300 g/mol. The van der Waals surface area contributed by atoms with Crippen LogP contribution in [0.5, 0.6) is 5.75 Å². The fraction of sp³-hybridized carbons (Fsp3) is 0.462. The fourth-order valence-corrected chi connectivity index (χ4v) is 2.28. The summed E-state index contributed by atoms with van der Waals surface area (Å²) in [6.45, 7) is 3.99. The largest absolute Gasteiger partial charge is 0.497 e. The van der Waals surface area contributed by atoms with Crippen molar-refractivity contribution in [3.63, 3.8) is 0 Å². The lowest BCUT2D eigenvalue weighted by molar-refractivity contribution is -0.121. The first-order chi connectivity index (χ1) is 9.35. The number of hydrogen-bond acceptors (Lipinski definition) is 4. The van der Waals surface area contributed by atoms with Gasteiger partial charge in [0.2, 0.25) is 5.91 Å². The summed E-state index contributed by atoms with van der Waals surface area (Å²) >= 11 is 0. The summed E-state index contributed by atoms with van der Waals surface area (Å²) < 4.78 is 28.8. The van der Waals surface area contributed by atoms with Gasteiger partial charge < -0.3 is 4.74 Å². The highest BCUT2D eigenvalue weighted by atomic mass is 32.2. The van der Waals surface area contributed by atoms with Crippen LogP contribution in [0.25, 0.3) is 0 Å². The number of benzene rings is 1. The lowest BCUT2D eigenvalue weighted by Gasteiger charge is -2.09. The maximum absolute atomic E-state index is 11.9. The molecule has 0 aromatic heterocycles. The Kier molecular flexibility index (Phi) is 5.97. The fourth-order valence-electron chi connectivity index (χ4n) is 1.42. The second-order valence-electron chi connectivity index (χ2n) is 4.76. The molecule has 0 aliphatic carbocycles. The van der Waals surface area contributed by atoms with Crippen molar-refractivity contribution in [2.45, 2.75) is 31.6 Å². The molecule has 7 heteroatoms. The van der Waals surface area contributed by atoms with Gasteiger partial charge in [-0.25, -0.2) is 8.42 Å². The van der Waals surface area contributed by atoms with E-state index in [4.69, 9.17) is 4.74 Å². The van der Waals surface area contributed by atoms with Crippen molar-refractivity contribution in [2.24, 2.45) is 5.92 Å². The van der Waals surface area contributed by atoms with Crippen LogP contribution in [0, 0.1) is 5.92 Å². The highest BCUT2D eigenvalue weighted by molar-refractivity contribution is 7.89. The maximum Gasteiger partial charge on any atom is 0.257 e. The molecule has 0 unspecified atom stereocenters. The number of nitrogens with one attached hydrogen (secondary N) is 2. The predicted molar refractivity (Wildman–Crippen MR) is 75.5 cm³/mol. The molecule has 0 heterocycles. The number of carbonyl (C=O) groups is 1. The second kappa shape index (κ2) is 7.25. The van der Waals surface area contributed by atoms with Gasteiger partial charge >= 0.3 is 0 Å². The molecule has 0 spiro atoms. The Balaban J connectivity index is 2.58. The minimum atomic E-state index is -3.76. The molecule has 0 atom stereocenters. The number of ether oxygens (including phenoxy) is 1. The molecule has 6 nitrogen and oxygen atoms in total. The molecule has 2 N–H and O–H groups in total. The molecule has 0 fully saturated rings. The number of methoxy groups -OCH3 is 1. The van der Waals surface area contributed by atoms with Gasteiger partial charge in [0.05, 0.1) is 12.0 Å². The average Bonchev–Trinajstić information content (AvgIpc) is 2.43. The summed E-state index contributed by atoms with van der Waals surface area (Å²) in [6.07, 6.45) is 0.985.